The second-order valence-electron chi connectivity index (χ2n) is 2.76. The largest absolute Gasteiger partial charge is 0.399 e. The highest BCUT2D eigenvalue weighted by molar-refractivity contribution is 5.93. The minimum atomic E-state index is 0.309. The zero-order valence-corrected chi connectivity index (χ0v) is 7.00. The Morgan fingerprint density at radius 1 is 1.82 bits per heavy atom. The van der Waals surface area contributed by atoms with Crippen LogP contribution in [0.1, 0.15) is 6.92 Å². The van der Waals surface area contributed by atoms with E-state index in [4.69, 9.17) is 10.6 Å². The van der Waals surface area contributed by atoms with Crippen molar-refractivity contribution in [1.29, 1.82) is 0 Å². The molecule has 0 saturated carbocycles. The molecule has 0 amide bonds. The summed E-state index contributed by atoms with van der Waals surface area (Å²) in [5.41, 5.74) is 6.58. The van der Waals surface area contributed by atoms with Gasteiger partial charge >= 0.3 is 0 Å². The first-order valence-electron chi connectivity index (χ1n) is 3.84. The van der Waals surface area contributed by atoms with Crippen LogP contribution in [-0.2, 0) is 4.84 Å². The molecule has 1 aliphatic rings. The molecule has 11 heavy (non-hydrogen) atoms. The van der Waals surface area contributed by atoms with Crippen LogP contribution in [0.15, 0.2) is 5.16 Å². The normalized spacial score (nSPS) is 34.6. The molecule has 3 N–H and O–H groups in total. The van der Waals surface area contributed by atoms with Crippen LogP contribution >= 0.6 is 0 Å². The number of rotatable bonds is 2. The maximum atomic E-state index is 5.54. The lowest BCUT2D eigenvalue weighted by atomic mass is 10.0. The standard InChI is InChI=1S/C7H15N3O/c1-5-7(10-11-2)6(3-8)4-9-5/h5-6,9H,3-4,8H2,1-2H3/t5-,6?/m0/s1. The molecule has 1 saturated heterocycles. The number of hydrogen-bond donors (Lipinski definition) is 2. The van der Waals surface area contributed by atoms with E-state index in [-0.39, 0.29) is 0 Å². The molecule has 1 fully saturated rings. The van der Waals surface area contributed by atoms with Crippen molar-refractivity contribution in [3.8, 4) is 0 Å². The molecule has 1 heterocycles. The third-order valence-electron chi connectivity index (χ3n) is 2.01. The minimum absolute atomic E-state index is 0.309. The number of nitrogens with two attached hydrogens (primary N) is 1. The van der Waals surface area contributed by atoms with E-state index in [1.54, 1.807) is 7.11 Å². The molecule has 1 unspecified atom stereocenters. The fraction of sp³-hybridized carbons (Fsp3) is 0.857. The van der Waals surface area contributed by atoms with E-state index in [0.717, 1.165) is 12.3 Å². The third-order valence-corrected chi connectivity index (χ3v) is 2.01. The van der Waals surface area contributed by atoms with Crippen molar-refractivity contribution < 1.29 is 4.84 Å². The van der Waals surface area contributed by atoms with Crippen LogP contribution in [0.4, 0.5) is 0 Å². The molecular weight excluding hydrogens is 142 g/mol. The Labute approximate surface area is 66.8 Å². The molecule has 0 aromatic carbocycles. The van der Waals surface area contributed by atoms with Crippen molar-refractivity contribution in [3.05, 3.63) is 0 Å². The van der Waals surface area contributed by atoms with E-state index in [0.29, 0.717) is 18.5 Å². The fourth-order valence-corrected chi connectivity index (χ4v) is 1.34. The molecule has 0 aromatic heterocycles. The van der Waals surface area contributed by atoms with E-state index in [1.807, 2.05) is 0 Å². The monoisotopic (exact) mass is 157 g/mol. The Kier molecular flexibility index (Phi) is 2.84. The Balaban J connectivity index is 2.63. The maximum absolute atomic E-state index is 5.54. The van der Waals surface area contributed by atoms with E-state index < -0.39 is 0 Å². The number of nitrogens with zero attached hydrogens (tertiary/aromatic N) is 1. The summed E-state index contributed by atoms with van der Waals surface area (Å²) >= 11 is 0. The second kappa shape index (κ2) is 3.69. The van der Waals surface area contributed by atoms with Crippen molar-refractivity contribution in [2.45, 2.75) is 13.0 Å². The predicted octanol–water partition coefficient (Wildman–Crippen LogP) is -0.445. The van der Waals surface area contributed by atoms with Gasteiger partial charge in [0.15, 0.2) is 0 Å². The van der Waals surface area contributed by atoms with E-state index >= 15 is 0 Å². The Bertz CT molecular complexity index is 158. The molecule has 1 rings (SSSR count). The van der Waals surface area contributed by atoms with Crippen LogP contribution in [0.2, 0.25) is 0 Å². The minimum Gasteiger partial charge on any atom is -0.399 e. The third kappa shape index (κ3) is 1.70. The van der Waals surface area contributed by atoms with Crippen molar-refractivity contribution in [1.82, 2.24) is 5.32 Å². The highest BCUT2D eigenvalue weighted by atomic mass is 16.6. The summed E-state index contributed by atoms with van der Waals surface area (Å²) in [6, 6.07) is 0.309. The second-order valence-corrected chi connectivity index (χ2v) is 2.76. The summed E-state index contributed by atoms with van der Waals surface area (Å²) in [7, 11) is 1.56. The SMILES string of the molecule is CON=C1C(CN)CN[C@H]1C. The average Bonchev–Trinajstić information content (AvgIpc) is 2.34. The molecule has 4 nitrogen and oxygen atoms in total. The quantitative estimate of drug-likeness (QED) is 0.534. The van der Waals surface area contributed by atoms with Crippen LogP contribution in [0.3, 0.4) is 0 Å². The van der Waals surface area contributed by atoms with Crippen LogP contribution in [0.25, 0.3) is 0 Å². The summed E-state index contributed by atoms with van der Waals surface area (Å²) in [4.78, 5) is 4.72. The molecule has 64 valence electrons. The number of nitrogens with one attached hydrogen (secondary N) is 1. The first-order valence-corrected chi connectivity index (χ1v) is 3.84. The summed E-state index contributed by atoms with van der Waals surface area (Å²) in [5.74, 6) is 0.352. The molecule has 4 heteroatoms. The van der Waals surface area contributed by atoms with Gasteiger partial charge in [0.1, 0.15) is 7.11 Å². The van der Waals surface area contributed by atoms with Crippen LogP contribution in [0.5, 0.6) is 0 Å². The van der Waals surface area contributed by atoms with Crippen molar-refractivity contribution in [2.75, 3.05) is 20.2 Å². The summed E-state index contributed by atoms with van der Waals surface area (Å²) in [6.45, 7) is 3.62. The van der Waals surface area contributed by atoms with Gasteiger partial charge in [-0.2, -0.15) is 0 Å². The Hall–Kier alpha value is -0.610. The van der Waals surface area contributed by atoms with Crippen LogP contribution in [-0.4, -0.2) is 32.0 Å². The fourth-order valence-electron chi connectivity index (χ4n) is 1.34. The first-order chi connectivity index (χ1) is 5.29. The highest BCUT2D eigenvalue weighted by Crippen LogP contribution is 2.09. The van der Waals surface area contributed by atoms with Gasteiger partial charge in [0.05, 0.1) is 5.71 Å². The van der Waals surface area contributed by atoms with Gasteiger partial charge in [0.2, 0.25) is 0 Å². The van der Waals surface area contributed by atoms with Gasteiger partial charge in [-0.25, -0.2) is 0 Å². The first kappa shape index (κ1) is 8.49. The molecular formula is C7H15N3O. The number of oxime groups is 1. The Morgan fingerprint density at radius 3 is 3.09 bits per heavy atom. The van der Waals surface area contributed by atoms with E-state index in [9.17, 15) is 0 Å². The molecule has 0 aliphatic carbocycles. The van der Waals surface area contributed by atoms with Crippen molar-refractivity contribution >= 4 is 5.71 Å². The predicted molar refractivity (Wildman–Crippen MR) is 44.5 cm³/mol. The Morgan fingerprint density at radius 2 is 2.55 bits per heavy atom. The lowest BCUT2D eigenvalue weighted by Gasteiger charge is -2.07. The summed E-state index contributed by atoms with van der Waals surface area (Å²) in [5, 5.41) is 7.20. The summed E-state index contributed by atoms with van der Waals surface area (Å²) in [6.07, 6.45) is 0. The van der Waals surface area contributed by atoms with Gasteiger partial charge in [-0.15, -0.1) is 0 Å². The average molecular weight is 157 g/mol. The summed E-state index contributed by atoms with van der Waals surface area (Å²) < 4.78 is 0. The van der Waals surface area contributed by atoms with Crippen LogP contribution in [0, 0.1) is 5.92 Å². The molecule has 0 radical (unpaired) electrons. The zero-order valence-electron chi connectivity index (χ0n) is 7.00. The van der Waals surface area contributed by atoms with E-state index in [1.165, 1.54) is 0 Å². The van der Waals surface area contributed by atoms with Crippen molar-refractivity contribution in [3.63, 3.8) is 0 Å². The smallest absolute Gasteiger partial charge is 0.106 e. The molecule has 0 spiro atoms. The molecule has 0 aromatic rings. The van der Waals surface area contributed by atoms with Gasteiger partial charge in [0, 0.05) is 25.0 Å². The zero-order chi connectivity index (χ0) is 8.27. The maximum Gasteiger partial charge on any atom is 0.106 e. The van der Waals surface area contributed by atoms with Gasteiger partial charge in [-0.1, -0.05) is 5.16 Å². The molecule has 2 atom stereocenters. The lowest BCUT2D eigenvalue weighted by molar-refractivity contribution is 0.211. The molecule has 0 bridgehead atoms. The van der Waals surface area contributed by atoms with E-state index in [2.05, 4.69) is 17.4 Å². The van der Waals surface area contributed by atoms with Crippen LogP contribution < -0.4 is 11.1 Å². The van der Waals surface area contributed by atoms with Gasteiger partial charge in [-0.3, -0.25) is 0 Å². The van der Waals surface area contributed by atoms with Gasteiger partial charge in [-0.05, 0) is 6.92 Å². The number of hydrogen-bond acceptors (Lipinski definition) is 4. The lowest BCUT2D eigenvalue weighted by Crippen LogP contribution is -2.25. The topological polar surface area (TPSA) is 59.6 Å². The molecule has 1 aliphatic heterocycles. The highest BCUT2D eigenvalue weighted by Gasteiger charge is 2.27. The van der Waals surface area contributed by atoms with Gasteiger partial charge in [0.25, 0.3) is 0 Å². The van der Waals surface area contributed by atoms with Gasteiger partial charge < -0.3 is 15.9 Å². The van der Waals surface area contributed by atoms with Crippen molar-refractivity contribution in [2.24, 2.45) is 16.8 Å².